The molecule has 0 spiro atoms. The fourth-order valence-corrected chi connectivity index (χ4v) is 3.51. The fraction of sp³-hybridized carbons (Fsp3) is 0.333. The fourth-order valence-electron chi connectivity index (χ4n) is 3.51. The molecule has 1 aromatic rings. The van der Waals surface area contributed by atoms with Crippen LogP contribution in [0.1, 0.15) is 29.9 Å². The maximum absolute atomic E-state index is 3.95. The molecule has 0 aliphatic carbocycles. The Labute approximate surface area is 115 Å². The lowest BCUT2D eigenvalue weighted by Gasteiger charge is -2.44. The van der Waals surface area contributed by atoms with Gasteiger partial charge in [-0.05, 0) is 29.5 Å². The molecule has 19 heavy (non-hydrogen) atoms. The van der Waals surface area contributed by atoms with Crippen LogP contribution in [0.4, 0.5) is 0 Å². The molecule has 0 N–H and O–H groups in total. The smallest absolute Gasteiger partial charge is 0.0243 e. The van der Waals surface area contributed by atoms with E-state index in [9.17, 15) is 0 Å². The molecule has 2 heterocycles. The number of benzene rings is 1. The molecular formula is C18H21N. The summed E-state index contributed by atoms with van der Waals surface area (Å²) >= 11 is 0. The maximum Gasteiger partial charge on any atom is 0.0243 e. The molecule has 0 unspecified atom stereocenters. The molecule has 0 amide bonds. The molecule has 1 heteroatoms. The van der Waals surface area contributed by atoms with Crippen LogP contribution in [-0.2, 0) is 6.54 Å². The predicted molar refractivity (Wildman–Crippen MR) is 81.1 cm³/mol. The monoisotopic (exact) mass is 251 g/mol. The zero-order valence-corrected chi connectivity index (χ0v) is 11.4. The first-order chi connectivity index (χ1) is 9.33. The van der Waals surface area contributed by atoms with E-state index >= 15 is 0 Å². The molecule has 0 saturated carbocycles. The van der Waals surface area contributed by atoms with Gasteiger partial charge in [0.15, 0.2) is 0 Å². The van der Waals surface area contributed by atoms with Gasteiger partial charge in [-0.2, -0.15) is 0 Å². The third-order valence-corrected chi connectivity index (χ3v) is 4.45. The highest BCUT2D eigenvalue weighted by atomic mass is 15.2. The van der Waals surface area contributed by atoms with Gasteiger partial charge in [0.05, 0.1) is 0 Å². The Morgan fingerprint density at radius 3 is 2.84 bits per heavy atom. The number of fused-ring (bicyclic) bond motifs is 2. The van der Waals surface area contributed by atoms with Gasteiger partial charge in [0.1, 0.15) is 0 Å². The van der Waals surface area contributed by atoms with E-state index in [4.69, 9.17) is 0 Å². The molecule has 0 fully saturated rings. The van der Waals surface area contributed by atoms with Crippen molar-refractivity contribution < 1.29 is 0 Å². The Morgan fingerprint density at radius 2 is 2.05 bits per heavy atom. The summed E-state index contributed by atoms with van der Waals surface area (Å²) in [6.07, 6.45) is 8.62. The number of allylic oxidation sites excluding steroid dienone is 1. The zero-order valence-electron chi connectivity index (χ0n) is 11.4. The standard InChI is InChI=1S/C18H21N/c1-3-7-17-16-9-6-5-8-15(16)13-19-12-14(4-2)10-11-18(17)19/h3-6,8-10,17-18H,1-2,7,11-13H2/t17-,18-/m0/s1. The van der Waals surface area contributed by atoms with Crippen LogP contribution in [0, 0.1) is 0 Å². The molecule has 2 atom stereocenters. The summed E-state index contributed by atoms with van der Waals surface area (Å²) in [5.41, 5.74) is 4.38. The summed E-state index contributed by atoms with van der Waals surface area (Å²) in [7, 11) is 0. The van der Waals surface area contributed by atoms with Crippen molar-refractivity contribution >= 4 is 0 Å². The van der Waals surface area contributed by atoms with Crippen LogP contribution in [0.5, 0.6) is 0 Å². The van der Waals surface area contributed by atoms with Gasteiger partial charge in [-0.25, -0.2) is 0 Å². The van der Waals surface area contributed by atoms with E-state index in [-0.39, 0.29) is 0 Å². The minimum Gasteiger partial charge on any atom is -0.291 e. The summed E-state index contributed by atoms with van der Waals surface area (Å²) in [5.74, 6) is 0.588. The van der Waals surface area contributed by atoms with Gasteiger partial charge in [-0.1, -0.05) is 49.1 Å². The van der Waals surface area contributed by atoms with Crippen LogP contribution in [0.15, 0.2) is 61.2 Å². The molecule has 3 rings (SSSR count). The molecule has 0 saturated heterocycles. The molecule has 2 aliphatic rings. The van der Waals surface area contributed by atoms with Crippen molar-refractivity contribution in [3.8, 4) is 0 Å². The summed E-state index contributed by atoms with van der Waals surface area (Å²) in [4.78, 5) is 2.60. The highest BCUT2D eigenvalue weighted by Crippen LogP contribution is 2.39. The lowest BCUT2D eigenvalue weighted by molar-refractivity contribution is 0.151. The van der Waals surface area contributed by atoms with E-state index in [0.29, 0.717) is 12.0 Å². The Bertz CT molecular complexity index is 526. The molecular weight excluding hydrogens is 230 g/mol. The van der Waals surface area contributed by atoms with Crippen molar-refractivity contribution in [1.29, 1.82) is 0 Å². The average molecular weight is 251 g/mol. The Balaban J connectivity index is 1.98. The Kier molecular flexibility index (Phi) is 3.39. The van der Waals surface area contributed by atoms with E-state index in [1.54, 1.807) is 0 Å². The second-order valence-electron chi connectivity index (χ2n) is 5.52. The van der Waals surface area contributed by atoms with Crippen LogP contribution in [0.2, 0.25) is 0 Å². The predicted octanol–water partition coefficient (Wildman–Crippen LogP) is 4.05. The minimum atomic E-state index is 0.588. The molecule has 1 nitrogen and oxygen atoms in total. The van der Waals surface area contributed by atoms with Gasteiger partial charge in [-0.15, -0.1) is 6.58 Å². The van der Waals surface area contributed by atoms with E-state index in [0.717, 1.165) is 25.9 Å². The number of hydrogen-bond acceptors (Lipinski definition) is 1. The average Bonchev–Trinajstić information content (AvgIpc) is 2.46. The number of rotatable bonds is 3. The third-order valence-electron chi connectivity index (χ3n) is 4.45. The normalized spacial score (nSPS) is 26.0. The first kappa shape index (κ1) is 12.4. The highest BCUT2D eigenvalue weighted by Gasteiger charge is 2.35. The van der Waals surface area contributed by atoms with Crippen molar-refractivity contribution in [3.05, 3.63) is 72.4 Å². The highest BCUT2D eigenvalue weighted by molar-refractivity contribution is 5.36. The summed E-state index contributed by atoms with van der Waals surface area (Å²) in [5, 5.41) is 0. The summed E-state index contributed by atoms with van der Waals surface area (Å²) in [6, 6.07) is 9.51. The molecule has 1 aromatic carbocycles. The van der Waals surface area contributed by atoms with Crippen molar-refractivity contribution in [1.82, 2.24) is 4.90 Å². The van der Waals surface area contributed by atoms with E-state index in [2.05, 4.69) is 54.5 Å². The Hall–Kier alpha value is -1.60. The molecule has 98 valence electrons. The SMILES string of the molecule is C=CC[C@H]1c2ccccc2CN2CC(C=C)=CC[C@@H]12. The van der Waals surface area contributed by atoms with Crippen LogP contribution in [-0.4, -0.2) is 17.5 Å². The second kappa shape index (κ2) is 5.18. The van der Waals surface area contributed by atoms with Crippen LogP contribution < -0.4 is 0 Å². The van der Waals surface area contributed by atoms with Gasteiger partial charge >= 0.3 is 0 Å². The van der Waals surface area contributed by atoms with E-state index in [1.807, 2.05) is 6.08 Å². The van der Waals surface area contributed by atoms with Gasteiger partial charge in [0.2, 0.25) is 0 Å². The third kappa shape index (κ3) is 2.19. The topological polar surface area (TPSA) is 3.24 Å². The van der Waals surface area contributed by atoms with E-state index in [1.165, 1.54) is 16.7 Å². The summed E-state index contributed by atoms with van der Waals surface area (Å²) < 4.78 is 0. The zero-order chi connectivity index (χ0) is 13.2. The number of nitrogens with zero attached hydrogens (tertiary/aromatic N) is 1. The molecule has 0 radical (unpaired) electrons. The van der Waals surface area contributed by atoms with Crippen LogP contribution in [0.25, 0.3) is 0 Å². The van der Waals surface area contributed by atoms with Crippen molar-refractivity contribution in [2.45, 2.75) is 31.3 Å². The van der Waals surface area contributed by atoms with Gasteiger partial charge in [-0.3, -0.25) is 4.90 Å². The van der Waals surface area contributed by atoms with Crippen LogP contribution in [0.3, 0.4) is 0 Å². The van der Waals surface area contributed by atoms with E-state index < -0.39 is 0 Å². The first-order valence-electron chi connectivity index (χ1n) is 7.07. The second-order valence-corrected chi connectivity index (χ2v) is 5.52. The Morgan fingerprint density at radius 1 is 1.21 bits per heavy atom. The van der Waals surface area contributed by atoms with Gasteiger partial charge in [0.25, 0.3) is 0 Å². The van der Waals surface area contributed by atoms with Crippen molar-refractivity contribution in [2.75, 3.05) is 6.54 Å². The lowest BCUT2D eigenvalue weighted by Crippen LogP contribution is -2.45. The molecule has 0 bridgehead atoms. The minimum absolute atomic E-state index is 0.588. The maximum atomic E-state index is 3.95. The quantitative estimate of drug-likeness (QED) is 0.733. The molecule has 0 aromatic heterocycles. The van der Waals surface area contributed by atoms with Crippen LogP contribution >= 0.6 is 0 Å². The summed E-state index contributed by atoms with van der Waals surface area (Å²) in [6.45, 7) is 9.96. The lowest BCUT2D eigenvalue weighted by atomic mass is 9.78. The van der Waals surface area contributed by atoms with Crippen molar-refractivity contribution in [3.63, 3.8) is 0 Å². The van der Waals surface area contributed by atoms with Gasteiger partial charge in [0, 0.05) is 25.0 Å². The first-order valence-corrected chi connectivity index (χ1v) is 7.07. The largest absolute Gasteiger partial charge is 0.291 e. The molecule has 2 aliphatic heterocycles. The number of hydrogen-bond donors (Lipinski definition) is 0. The van der Waals surface area contributed by atoms with Crippen molar-refractivity contribution in [2.24, 2.45) is 0 Å². The van der Waals surface area contributed by atoms with Gasteiger partial charge < -0.3 is 0 Å².